The van der Waals surface area contributed by atoms with Crippen LogP contribution in [0.25, 0.3) is 0 Å². The van der Waals surface area contributed by atoms with E-state index in [1.165, 1.54) is 0 Å². The van der Waals surface area contributed by atoms with Gasteiger partial charge in [-0.25, -0.2) is 4.79 Å². The molecule has 2 rings (SSSR count). The Morgan fingerprint density at radius 3 is 2.50 bits per heavy atom. The van der Waals surface area contributed by atoms with E-state index in [1.807, 2.05) is 50.4 Å². The van der Waals surface area contributed by atoms with Gasteiger partial charge in [0.05, 0.1) is 0 Å². The zero-order valence-corrected chi connectivity index (χ0v) is 10.4. The Labute approximate surface area is 106 Å². The Balaban J connectivity index is 1.95. The highest BCUT2D eigenvalue weighted by Crippen LogP contribution is 2.09. The normalized spacial score (nSPS) is 10.4. The van der Waals surface area contributed by atoms with Gasteiger partial charge in [0.15, 0.2) is 5.82 Å². The van der Waals surface area contributed by atoms with Crippen LogP contribution in [0.4, 0.5) is 16.3 Å². The van der Waals surface area contributed by atoms with Crippen molar-refractivity contribution in [2.24, 2.45) is 0 Å². The summed E-state index contributed by atoms with van der Waals surface area (Å²) in [5.41, 5.74) is 0.748. The molecule has 0 fully saturated rings. The zero-order chi connectivity index (χ0) is 13.0. The van der Waals surface area contributed by atoms with Crippen molar-refractivity contribution in [1.82, 2.24) is 9.78 Å². The van der Waals surface area contributed by atoms with Crippen molar-refractivity contribution >= 4 is 17.5 Å². The van der Waals surface area contributed by atoms with E-state index in [4.69, 9.17) is 0 Å². The molecule has 1 heterocycles. The van der Waals surface area contributed by atoms with Crippen molar-refractivity contribution in [2.45, 2.75) is 19.9 Å². The molecule has 2 amide bonds. The Bertz CT molecular complexity index is 519. The summed E-state index contributed by atoms with van der Waals surface area (Å²) in [4.78, 5) is 11.7. The second kappa shape index (κ2) is 5.35. The van der Waals surface area contributed by atoms with Crippen molar-refractivity contribution < 1.29 is 4.79 Å². The molecule has 2 aromatic rings. The number of para-hydroxylation sites is 1. The Hall–Kier alpha value is -2.30. The van der Waals surface area contributed by atoms with Crippen LogP contribution in [-0.4, -0.2) is 15.8 Å². The van der Waals surface area contributed by atoms with Gasteiger partial charge >= 0.3 is 6.03 Å². The van der Waals surface area contributed by atoms with Crippen LogP contribution in [0.5, 0.6) is 0 Å². The van der Waals surface area contributed by atoms with E-state index in [-0.39, 0.29) is 12.1 Å². The number of carbonyl (C=O) groups excluding carboxylic acids is 1. The third-order valence-electron chi connectivity index (χ3n) is 2.41. The summed E-state index contributed by atoms with van der Waals surface area (Å²) < 4.78 is 1.79. The lowest BCUT2D eigenvalue weighted by Crippen LogP contribution is -2.19. The van der Waals surface area contributed by atoms with Gasteiger partial charge < -0.3 is 5.32 Å². The third-order valence-corrected chi connectivity index (χ3v) is 2.41. The Morgan fingerprint density at radius 2 is 1.89 bits per heavy atom. The van der Waals surface area contributed by atoms with Crippen LogP contribution in [0.15, 0.2) is 42.6 Å². The molecule has 0 saturated carbocycles. The molecule has 18 heavy (non-hydrogen) atoms. The first-order valence-electron chi connectivity index (χ1n) is 5.83. The highest BCUT2D eigenvalue weighted by Gasteiger charge is 2.06. The number of aromatic nitrogens is 2. The van der Waals surface area contributed by atoms with Crippen LogP contribution >= 0.6 is 0 Å². The van der Waals surface area contributed by atoms with Gasteiger partial charge in [-0.1, -0.05) is 18.2 Å². The van der Waals surface area contributed by atoms with E-state index in [1.54, 1.807) is 10.7 Å². The van der Waals surface area contributed by atoms with E-state index in [9.17, 15) is 4.79 Å². The standard InChI is InChI=1S/C13H16N4O/c1-10(2)17-9-8-12(16-17)15-13(18)14-11-6-4-3-5-7-11/h3-10H,1-2H3,(H2,14,15,16,18). The van der Waals surface area contributed by atoms with Crippen LogP contribution < -0.4 is 10.6 Å². The molecule has 0 spiro atoms. The molecular formula is C13H16N4O. The number of amides is 2. The van der Waals surface area contributed by atoms with E-state index in [2.05, 4.69) is 15.7 Å². The molecule has 5 heteroatoms. The first kappa shape index (κ1) is 12.2. The summed E-state index contributed by atoms with van der Waals surface area (Å²) >= 11 is 0. The van der Waals surface area contributed by atoms with Gasteiger partial charge in [0.2, 0.25) is 0 Å². The van der Waals surface area contributed by atoms with Gasteiger partial charge in [0, 0.05) is 24.0 Å². The second-order valence-corrected chi connectivity index (χ2v) is 4.22. The number of carbonyl (C=O) groups is 1. The first-order valence-corrected chi connectivity index (χ1v) is 5.83. The minimum atomic E-state index is -0.296. The summed E-state index contributed by atoms with van der Waals surface area (Å²) in [6.07, 6.45) is 1.84. The summed E-state index contributed by atoms with van der Waals surface area (Å²) in [6, 6.07) is 11.0. The van der Waals surface area contributed by atoms with Crippen LogP contribution in [0.1, 0.15) is 19.9 Å². The van der Waals surface area contributed by atoms with Crippen LogP contribution in [0, 0.1) is 0 Å². The molecule has 0 unspecified atom stereocenters. The zero-order valence-electron chi connectivity index (χ0n) is 10.4. The molecule has 0 saturated heterocycles. The average Bonchev–Trinajstić information content (AvgIpc) is 2.78. The molecule has 0 bridgehead atoms. The van der Waals surface area contributed by atoms with E-state index < -0.39 is 0 Å². The SMILES string of the molecule is CC(C)n1ccc(NC(=O)Nc2ccccc2)n1. The monoisotopic (exact) mass is 244 g/mol. The molecule has 5 nitrogen and oxygen atoms in total. The summed E-state index contributed by atoms with van der Waals surface area (Å²) in [5, 5.41) is 9.65. The van der Waals surface area contributed by atoms with Crippen molar-refractivity contribution in [3.05, 3.63) is 42.6 Å². The maximum atomic E-state index is 11.7. The lowest BCUT2D eigenvalue weighted by Gasteiger charge is -2.06. The molecular weight excluding hydrogens is 228 g/mol. The van der Waals surface area contributed by atoms with Crippen molar-refractivity contribution in [3.8, 4) is 0 Å². The van der Waals surface area contributed by atoms with Gasteiger partial charge in [0.1, 0.15) is 0 Å². The number of anilines is 2. The van der Waals surface area contributed by atoms with Crippen LogP contribution in [0.3, 0.4) is 0 Å². The maximum absolute atomic E-state index is 11.7. The molecule has 0 aliphatic carbocycles. The number of hydrogen-bond donors (Lipinski definition) is 2. The second-order valence-electron chi connectivity index (χ2n) is 4.22. The lowest BCUT2D eigenvalue weighted by molar-refractivity contribution is 0.262. The first-order chi connectivity index (χ1) is 8.65. The van der Waals surface area contributed by atoms with Crippen molar-refractivity contribution in [3.63, 3.8) is 0 Å². The summed E-state index contributed by atoms with van der Waals surface area (Å²) in [5.74, 6) is 0.539. The predicted molar refractivity (Wildman–Crippen MR) is 71.7 cm³/mol. The predicted octanol–water partition coefficient (Wildman–Crippen LogP) is 3.11. The minimum absolute atomic E-state index is 0.276. The highest BCUT2D eigenvalue weighted by atomic mass is 16.2. The molecule has 1 aromatic carbocycles. The number of urea groups is 1. The molecule has 0 atom stereocenters. The number of nitrogens with zero attached hydrogens (tertiary/aromatic N) is 2. The van der Waals surface area contributed by atoms with Gasteiger partial charge in [-0.2, -0.15) is 5.10 Å². The summed E-state index contributed by atoms with van der Waals surface area (Å²) in [6.45, 7) is 4.06. The van der Waals surface area contributed by atoms with E-state index >= 15 is 0 Å². The quantitative estimate of drug-likeness (QED) is 0.871. The van der Waals surface area contributed by atoms with Gasteiger partial charge in [0.25, 0.3) is 0 Å². The minimum Gasteiger partial charge on any atom is -0.308 e. The molecule has 94 valence electrons. The number of rotatable bonds is 3. The Morgan fingerprint density at radius 1 is 1.17 bits per heavy atom. The third kappa shape index (κ3) is 3.10. The fraction of sp³-hybridized carbons (Fsp3) is 0.231. The van der Waals surface area contributed by atoms with Crippen molar-refractivity contribution in [1.29, 1.82) is 0 Å². The average molecular weight is 244 g/mol. The molecule has 2 N–H and O–H groups in total. The number of hydrogen-bond acceptors (Lipinski definition) is 2. The van der Waals surface area contributed by atoms with Gasteiger partial charge in [-0.15, -0.1) is 0 Å². The van der Waals surface area contributed by atoms with Crippen LogP contribution in [-0.2, 0) is 0 Å². The lowest BCUT2D eigenvalue weighted by atomic mass is 10.3. The summed E-state index contributed by atoms with van der Waals surface area (Å²) in [7, 11) is 0. The Kier molecular flexibility index (Phi) is 3.62. The van der Waals surface area contributed by atoms with Gasteiger partial charge in [-0.05, 0) is 26.0 Å². The number of benzene rings is 1. The van der Waals surface area contributed by atoms with E-state index in [0.717, 1.165) is 5.69 Å². The fourth-order valence-corrected chi connectivity index (χ4v) is 1.49. The molecule has 0 radical (unpaired) electrons. The van der Waals surface area contributed by atoms with Crippen LogP contribution in [0.2, 0.25) is 0 Å². The molecule has 0 aliphatic heterocycles. The smallest absolute Gasteiger partial charge is 0.308 e. The van der Waals surface area contributed by atoms with Crippen molar-refractivity contribution in [2.75, 3.05) is 10.6 Å². The van der Waals surface area contributed by atoms with Gasteiger partial charge in [-0.3, -0.25) is 10.00 Å². The topological polar surface area (TPSA) is 59.0 Å². The molecule has 1 aromatic heterocycles. The highest BCUT2D eigenvalue weighted by molar-refractivity contribution is 5.99. The largest absolute Gasteiger partial charge is 0.324 e. The van der Waals surface area contributed by atoms with E-state index in [0.29, 0.717) is 5.82 Å². The molecule has 0 aliphatic rings. The number of nitrogens with one attached hydrogen (secondary N) is 2. The maximum Gasteiger partial charge on any atom is 0.324 e. The fourth-order valence-electron chi connectivity index (χ4n) is 1.49.